The highest BCUT2D eigenvalue weighted by molar-refractivity contribution is 5.89. The van der Waals surface area contributed by atoms with Crippen LogP contribution in [0.3, 0.4) is 0 Å². The van der Waals surface area contributed by atoms with Gasteiger partial charge in [-0.2, -0.15) is 10.4 Å². The Morgan fingerprint density at radius 3 is 2.48 bits per heavy atom. The largest absolute Gasteiger partial charge is 0.461 e. The summed E-state index contributed by atoms with van der Waals surface area (Å²) < 4.78 is 6.86. The minimum absolute atomic E-state index is 0.266. The highest BCUT2D eigenvalue weighted by Crippen LogP contribution is 2.40. The molecule has 0 saturated heterocycles. The third-order valence-electron chi connectivity index (χ3n) is 4.69. The zero-order chi connectivity index (χ0) is 18.8. The summed E-state index contributed by atoms with van der Waals surface area (Å²) in [6.45, 7) is 2.07. The van der Waals surface area contributed by atoms with Crippen LogP contribution < -0.4 is 0 Å². The minimum atomic E-state index is -0.444. The van der Waals surface area contributed by atoms with E-state index in [0.29, 0.717) is 18.1 Å². The van der Waals surface area contributed by atoms with Crippen molar-refractivity contribution < 1.29 is 9.53 Å². The number of hydrogen-bond acceptors (Lipinski definition) is 4. The number of esters is 1. The monoisotopic (exact) mass is 357 g/mol. The van der Waals surface area contributed by atoms with Gasteiger partial charge in [0, 0.05) is 5.56 Å². The molecule has 1 aliphatic rings. The highest BCUT2D eigenvalue weighted by Gasteiger charge is 2.23. The molecular weight excluding hydrogens is 338 g/mol. The van der Waals surface area contributed by atoms with Crippen LogP contribution in [0.4, 0.5) is 0 Å². The number of benzene rings is 2. The van der Waals surface area contributed by atoms with E-state index in [2.05, 4.69) is 23.3 Å². The summed E-state index contributed by atoms with van der Waals surface area (Å²) in [7, 11) is 0. The van der Waals surface area contributed by atoms with Gasteiger partial charge in [0.05, 0.1) is 29.6 Å². The average molecular weight is 357 g/mol. The predicted molar refractivity (Wildman–Crippen MR) is 102 cm³/mol. The van der Waals surface area contributed by atoms with Gasteiger partial charge < -0.3 is 4.74 Å². The summed E-state index contributed by atoms with van der Waals surface area (Å²) in [6.07, 6.45) is 2.51. The lowest BCUT2D eigenvalue weighted by Crippen LogP contribution is -2.06. The Morgan fingerprint density at radius 1 is 1.19 bits per heavy atom. The smallest absolute Gasteiger partial charge is 0.358 e. The summed E-state index contributed by atoms with van der Waals surface area (Å²) in [5.74, 6) is 0.241. The number of nitriles is 1. The minimum Gasteiger partial charge on any atom is -0.461 e. The molecule has 3 aromatic rings. The van der Waals surface area contributed by atoms with Crippen molar-refractivity contribution in [2.45, 2.75) is 25.7 Å². The van der Waals surface area contributed by atoms with Crippen molar-refractivity contribution in [3.05, 3.63) is 71.4 Å². The fourth-order valence-electron chi connectivity index (χ4n) is 3.11. The van der Waals surface area contributed by atoms with E-state index >= 15 is 0 Å². The lowest BCUT2D eigenvalue weighted by molar-refractivity contribution is 0.0519. The molecule has 0 N–H and O–H groups in total. The van der Waals surface area contributed by atoms with Gasteiger partial charge in [0.2, 0.25) is 0 Å². The van der Waals surface area contributed by atoms with Crippen LogP contribution in [0.25, 0.3) is 16.9 Å². The summed E-state index contributed by atoms with van der Waals surface area (Å²) in [6, 6.07) is 19.4. The molecule has 5 nitrogen and oxygen atoms in total. The van der Waals surface area contributed by atoms with Crippen LogP contribution in [-0.2, 0) is 4.74 Å². The fraction of sp³-hybridized carbons (Fsp3) is 0.227. The van der Waals surface area contributed by atoms with Crippen LogP contribution in [0.5, 0.6) is 0 Å². The lowest BCUT2D eigenvalue weighted by Gasteiger charge is -2.08. The van der Waals surface area contributed by atoms with Gasteiger partial charge in [0.15, 0.2) is 5.69 Å². The van der Waals surface area contributed by atoms with Gasteiger partial charge in [0.25, 0.3) is 0 Å². The van der Waals surface area contributed by atoms with Crippen LogP contribution in [0.15, 0.2) is 54.6 Å². The molecule has 134 valence electrons. The van der Waals surface area contributed by atoms with E-state index in [0.717, 1.165) is 16.9 Å². The molecule has 0 bridgehead atoms. The van der Waals surface area contributed by atoms with Gasteiger partial charge in [-0.25, -0.2) is 9.48 Å². The van der Waals surface area contributed by atoms with Gasteiger partial charge >= 0.3 is 5.97 Å². The first-order valence-corrected chi connectivity index (χ1v) is 9.07. The molecule has 4 rings (SSSR count). The van der Waals surface area contributed by atoms with Crippen LogP contribution >= 0.6 is 0 Å². The molecule has 2 aromatic carbocycles. The van der Waals surface area contributed by atoms with Gasteiger partial charge in [-0.1, -0.05) is 24.3 Å². The van der Waals surface area contributed by atoms with E-state index in [1.807, 2.05) is 24.3 Å². The average Bonchev–Trinajstić information content (AvgIpc) is 3.46. The van der Waals surface area contributed by atoms with Gasteiger partial charge in [-0.15, -0.1) is 0 Å². The number of ether oxygens (including phenoxy) is 1. The second kappa shape index (κ2) is 7.08. The van der Waals surface area contributed by atoms with Crippen LogP contribution in [0, 0.1) is 11.3 Å². The number of hydrogen-bond donors (Lipinski definition) is 0. The standard InChI is InChI=1S/C22H19N3O2/c1-2-27-22(26)20-13-21(18-5-3-15(14-23)4-6-18)25(24-20)19-11-9-17(10-12-19)16-7-8-16/h3-6,9-13,16H,2,7-8H2,1H3. The van der Waals surface area contributed by atoms with Crippen molar-refractivity contribution in [2.75, 3.05) is 6.61 Å². The van der Waals surface area contributed by atoms with Gasteiger partial charge in [0.1, 0.15) is 0 Å². The Bertz CT molecular complexity index is 1010. The van der Waals surface area contributed by atoms with Gasteiger partial charge in [-0.05, 0) is 61.6 Å². The third kappa shape index (κ3) is 3.47. The van der Waals surface area contributed by atoms with Crippen molar-refractivity contribution in [1.82, 2.24) is 9.78 Å². The van der Waals surface area contributed by atoms with E-state index in [-0.39, 0.29) is 5.69 Å². The number of aromatic nitrogens is 2. The normalized spacial score (nSPS) is 13.2. The number of carbonyl (C=O) groups is 1. The number of nitrogens with zero attached hydrogens (tertiary/aromatic N) is 3. The van der Waals surface area contributed by atoms with E-state index in [9.17, 15) is 4.79 Å². The first-order valence-electron chi connectivity index (χ1n) is 9.07. The van der Waals surface area contributed by atoms with Crippen molar-refractivity contribution in [1.29, 1.82) is 5.26 Å². The molecule has 0 radical (unpaired) electrons. The molecule has 0 amide bonds. The Balaban J connectivity index is 1.77. The summed E-state index contributed by atoms with van der Waals surface area (Å²) in [5.41, 5.74) is 4.74. The number of carbonyl (C=O) groups excluding carboxylic acids is 1. The second-order valence-electron chi connectivity index (χ2n) is 6.60. The third-order valence-corrected chi connectivity index (χ3v) is 4.69. The maximum Gasteiger partial charge on any atom is 0.358 e. The summed E-state index contributed by atoms with van der Waals surface area (Å²) >= 11 is 0. The van der Waals surface area contributed by atoms with E-state index in [1.54, 1.807) is 29.8 Å². The second-order valence-corrected chi connectivity index (χ2v) is 6.60. The molecular formula is C22H19N3O2. The van der Waals surface area contributed by atoms with Crippen LogP contribution in [0.1, 0.15) is 47.3 Å². The predicted octanol–water partition coefficient (Wildman–Crippen LogP) is 4.47. The SMILES string of the molecule is CCOC(=O)c1cc(-c2ccc(C#N)cc2)n(-c2ccc(C3CC3)cc2)n1. The molecule has 5 heteroatoms. The molecule has 1 aliphatic carbocycles. The van der Waals surface area contributed by atoms with Crippen molar-refractivity contribution in [3.63, 3.8) is 0 Å². The summed E-state index contributed by atoms with van der Waals surface area (Å²) in [5, 5.41) is 13.5. The van der Waals surface area contributed by atoms with E-state index in [1.165, 1.54) is 18.4 Å². The van der Waals surface area contributed by atoms with Crippen LogP contribution in [-0.4, -0.2) is 22.4 Å². The van der Waals surface area contributed by atoms with E-state index < -0.39 is 5.97 Å². The molecule has 0 spiro atoms. The van der Waals surface area contributed by atoms with Crippen molar-refractivity contribution >= 4 is 5.97 Å². The molecule has 1 aromatic heterocycles. The van der Waals surface area contributed by atoms with Crippen LogP contribution in [0.2, 0.25) is 0 Å². The zero-order valence-electron chi connectivity index (χ0n) is 15.1. The lowest BCUT2D eigenvalue weighted by atomic mass is 10.1. The maximum atomic E-state index is 12.2. The molecule has 1 fully saturated rings. The highest BCUT2D eigenvalue weighted by atomic mass is 16.5. The molecule has 0 aliphatic heterocycles. The Labute approximate surface area is 157 Å². The van der Waals surface area contributed by atoms with Crippen molar-refractivity contribution in [3.8, 4) is 23.0 Å². The zero-order valence-corrected chi connectivity index (χ0v) is 15.1. The molecule has 27 heavy (non-hydrogen) atoms. The first kappa shape index (κ1) is 17.0. The Kier molecular flexibility index (Phi) is 4.47. The quantitative estimate of drug-likeness (QED) is 0.632. The Morgan fingerprint density at radius 2 is 1.89 bits per heavy atom. The topological polar surface area (TPSA) is 67.9 Å². The molecule has 0 atom stereocenters. The first-order chi connectivity index (χ1) is 13.2. The van der Waals surface area contributed by atoms with E-state index in [4.69, 9.17) is 10.00 Å². The molecule has 1 heterocycles. The fourth-order valence-corrected chi connectivity index (χ4v) is 3.11. The Hall–Kier alpha value is -3.39. The van der Waals surface area contributed by atoms with Gasteiger partial charge in [-0.3, -0.25) is 0 Å². The maximum absolute atomic E-state index is 12.2. The summed E-state index contributed by atoms with van der Waals surface area (Å²) in [4.78, 5) is 12.2. The van der Waals surface area contributed by atoms with Crippen molar-refractivity contribution in [2.24, 2.45) is 0 Å². The molecule has 1 saturated carbocycles. The molecule has 0 unspecified atom stereocenters. The number of rotatable bonds is 5.